The predicted molar refractivity (Wildman–Crippen MR) is 111 cm³/mol. The summed E-state index contributed by atoms with van der Waals surface area (Å²) in [6.45, 7) is 0. The molecule has 134 valence electrons. The van der Waals surface area contributed by atoms with Crippen molar-refractivity contribution in [1.82, 2.24) is 15.8 Å². The highest BCUT2D eigenvalue weighted by Gasteiger charge is 2.26. The SMILES string of the molecule is c1ccc(-c2ccc(C3NN3)c(-c3ccc4oc5ccccc5c4c3)n2)cc1. The maximum Gasteiger partial charge on any atom is 0.135 e. The zero-order valence-electron chi connectivity index (χ0n) is 15.0. The summed E-state index contributed by atoms with van der Waals surface area (Å²) in [5.74, 6) is 0. The predicted octanol–water partition coefficient (Wildman–Crippen LogP) is 5.42. The van der Waals surface area contributed by atoms with Gasteiger partial charge < -0.3 is 4.42 Å². The van der Waals surface area contributed by atoms with Crippen molar-refractivity contribution in [2.45, 2.75) is 6.17 Å². The number of nitrogens with one attached hydrogen (secondary N) is 2. The van der Waals surface area contributed by atoms with E-state index >= 15 is 0 Å². The van der Waals surface area contributed by atoms with Gasteiger partial charge in [0.1, 0.15) is 17.3 Å². The second-order valence-corrected chi connectivity index (χ2v) is 7.03. The molecule has 0 spiro atoms. The van der Waals surface area contributed by atoms with Crippen LogP contribution in [0.5, 0.6) is 0 Å². The quantitative estimate of drug-likeness (QED) is 0.420. The Labute approximate surface area is 161 Å². The van der Waals surface area contributed by atoms with E-state index in [0.717, 1.165) is 50.0 Å². The molecule has 3 aromatic carbocycles. The Hall–Kier alpha value is -3.47. The highest BCUT2D eigenvalue weighted by molar-refractivity contribution is 6.06. The lowest BCUT2D eigenvalue weighted by molar-refractivity contribution is 0.669. The summed E-state index contributed by atoms with van der Waals surface area (Å²) < 4.78 is 5.98. The second kappa shape index (κ2) is 6.02. The topological polar surface area (TPSA) is 69.9 Å². The number of fused-ring (bicyclic) bond motifs is 3. The summed E-state index contributed by atoms with van der Waals surface area (Å²) in [5.41, 5.74) is 13.4. The van der Waals surface area contributed by atoms with Gasteiger partial charge in [0.25, 0.3) is 0 Å². The zero-order valence-corrected chi connectivity index (χ0v) is 15.0. The third-order valence-electron chi connectivity index (χ3n) is 5.25. The zero-order chi connectivity index (χ0) is 18.5. The summed E-state index contributed by atoms with van der Waals surface area (Å²) in [5, 5.41) is 2.24. The molecule has 2 aromatic heterocycles. The molecule has 0 radical (unpaired) electrons. The maximum absolute atomic E-state index is 5.98. The van der Waals surface area contributed by atoms with Crippen LogP contribution in [-0.4, -0.2) is 4.98 Å². The van der Waals surface area contributed by atoms with Crippen LogP contribution in [0.15, 0.2) is 89.3 Å². The van der Waals surface area contributed by atoms with Crippen molar-refractivity contribution in [2.24, 2.45) is 0 Å². The highest BCUT2D eigenvalue weighted by atomic mass is 16.3. The van der Waals surface area contributed by atoms with Crippen LogP contribution in [0.1, 0.15) is 11.7 Å². The van der Waals surface area contributed by atoms with Gasteiger partial charge in [-0.3, -0.25) is 0 Å². The van der Waals surface area contributed by atoms with E-state index in [4.69, 9.17) is 9.40 Å². The molecule has 3 heterocycles. The number of para-hydroxylation sites is 1. The molecule has 0 unspecified atom stereocenters. The van der Waals surface area contributed by atoms with Gasteiger partial charge in [-0.15, -0.1) is 0 Å². The number of nitrogens with zero attached hydrogens (tertiary/aromatic N) is 1. The van der Waals surface area contributed by atoms with Crippen LogP contribution in [0, 0.1) is 0 Å². The molecule has 1 saturated heterocycles. The van der Waals surface area contributed by atoms with Crippen molar-refractivity contribution in [2.75, 3.05) is 0 Å². The first-order chi connectivity index (χ1) is 13.9. The lowest BCUT2D eigenvalue weighted by atomic mass is 10.0. The van der Waals surface area contributed by atoms with Gasteiger partial charge in [-0.25, -0.2) is 15.8 Å². The fourth-order valence-electron chi connectivity index (χ4n) is 3.77. The number of hydrogen-bond acceptors (Lipinski definition) is 4. The van der Waals surface area contributed by atoms with Gasteiger partial charge in [-0.05, 0) is 30.3 Å². The van der Waals surface area contributed by atoms with E-state index in [-0.39, 0.29) is 6.17 Å². The Kier molecular flexibility index (Phi) is 3.35. The molecule has 1 aliphatic rings. The molecular formula is C24H17N3O. The monoisotopic (exact) mass is 363 g/mol. The fourth-order valence-corrected chi connectivity index (χ4v) is 3.77. The van der Waals surface area contributed by atoms with Gasteiger partial charge in [-0.1, -0.05) is 54.6 Å². The third-order valence-corrected chi connectivity index (χ3v) is 5.25. The summed E-state index contributed by atoms with van der Waals surface area (Å²) in [4.78, 5) is 5.04. The van der Waals surface area contributed by atoms with Crippen molar-refractivity contribution in [1.29, 1.82) is 0 Å². The number of pyridine rings is 1. The van der Waals surface area contributed by atoms with Crippen molar-refractivity contribution in [3.63, 3.8) is 0 Å². The van der Waals surface area contributed by atoms with Crippen molar-refractivity contribution in [3.05, 3.63) is 90.5 Å². The van der Waals surface area contributed by atoms with Crippen LogP contribution in [0.25, 0.3) is 44.5 Å². The standard InChI is InChI=1S/C24H17N3O/c1-2-6-15(7-3-1)20-12-11-18(24-26-27-24)23(25-20)16-10-13-22-19(14-16)17-8-4-5-9-21(17)28-22/h1-14,24,26-27H. The maximum atomic E-state index is 5.98. The molecule has 4 heteroatoms. The number of rotatable bonds is 3. The van der Waals surface area contributed by atoms with E-state index in [1.165, 1.54) is 0 Å². The highest BCUT2D eigenvalue weighted by Crippen LogP contribution is 2.35. The van der Waals surface area contributed by atoms with Crippen LogP contribution in [-0.2, 0) is 0 Å². The first kappa shape index (κ1) is 15.6. The van der Waals surface area contributed by atoms with Crippen LogP contribution < -0.4 is 10.9 Å². The Bertz CT molecular complexity index is 1320. The van der Waals surface area contributed by atoms with Crippen molar-refractivity contribution < 1.29 is 4.42 Å². The molecule has 0 bridgehead atoms. The van der Waals surface area contributed by atoms with Crippen molar-refractivity contribution >= 4 is 21.9 Å². The summed E-state index contributed by atoms with van der Waals surface area (Å²) in [7, 11) is 0. The Balaban J connectivity index is 1.57. The Morgan fingerprint density at radius 1 is 0.679 bits per heavy atom. The van der Waals surface area contributed by atoms with Crippen LogP contribution in [0.2, 0.25) is 0 Å². The van der Waals surface area contributed by atoms with Gasteiger partial charge in [0.2, 0.25) is 0 Å². The Morgan fingerprint density at radius 2 is 1.46 bits per heavy atom. The lowest BCUT2D eigenvalue weighted by Crippen LogP contribution is -1.96. The molecule has 0 amide bonds. The van der Waals surface area contributed by atoms with E-state index < -0.39 is 0 Å². The largest absolute Gasteiger partial charge is 0.456 e. The first-order valence-electron chi connectivity index (χ1n) is 9.36. The minimum Gasteiger partial charge on any atom is -0.456 e. The number of aromatic nitrogens is 1. The molecule has 0 aliphatic carbocycles. The molecule has 0 saturated carbocycles. The van der Waals surface area contributed by atoms with E-state index in [1.807, 2.05) is 42.5 Å². The second-order valence-electron chi connectivity index (χ2n) is 7.03. The molecule has 1 aliphatic heterocycles. The molecule has 4 nitrogen and oxygen atoms in total. The average Bonchev–Trinajstić information content (AvgIpc) is 3.54. The van der Waals surface area contributed by atoms with Gasteiger partial charge >= 0.3 is 0 Å². The minimum atomic E-state index is 0.143. The van der Waals surface area contributed by atoms with E-state index in [1.54, 1.807) is 0 Å². The van der Waals surface area contributed by atoms with E-state index in [9.17, 15) is 0 Å². The molecule has 2 N–H and O–H groups in total. The van der Waals surface area contributed by atoms with Crippen LogP contribution >= 0.6 is 0 Å². The van der Waals surface area contributed by atoms with E-state index in [0.29, 0.717) is 0 Å². The molecule has 1 fully saturated rings. The van der Waals surface area contributed by atoms with Crippen LogP contribution in [0.4, 0.5) is 0 Å². The number of hydrazine groups is 1. The third kappa shape index (κ3) is 2.51. The Morgan fingerprint density at radius 3 is 2.32 bits per heavy atom. The van der Waals surface area contributed by atoms with Gasteiger partial charge in [0.05, 0.1) is 11.4 Å². The number of benzene rings is 3. The van der Waals surface area contributed by atoms with E-state index in [2.05, 4.69) is 53.3 Å². The molecule has 0 atom stereocenters. The number of furan rings is 1. The smallest absolute Gasteiger partial charge is 0.135 e. The van der Waals surface area contributed by atoms with Crippen molar-refractivity contribution in [3.8, 4) is 22.5 Å². The normalized spacial score (nSPS) is 14.0. The molecule has 28 heavy (non-hydrogen) atoms. The first-order valence-corrected chi connectivity index (χ1v) is 9.36. The molecular weight excluding hydrogens is 346 g/mol. The number of hydrogen-bond donors (Lipinski definition) is 2. The molecule has 6 rings (SSSR count). The van der Waals surface area contributed by atoms with Gasteiger partial charge in [0.15, 0.2) is 0 Å². The summed E-state index contributed by atoms with van der Waals surface area (Å²) in [6, 6.07) is 29.0. The van der Waals surface area contributed by atoms with Crippen LogP contribution in [0.3, 0.4) is 0 Å². The van der Waals surface area contributed by atoms with Gasteiger partial charge in [-0.2, -0.15) is 0 Å². The van der Waals surface area contributed by atoms with Gasteiger partial charge in [0, 0.05) is 27.5 Å². The average molecular weight is 363 g/mol. The summed E-state index contributed by atoms with van der Waals surface area (Å²) >= 11 is 0. The fraction of sp³-hybridized carbons (Fsp3) is 0.0417. The minimum absolute atomic E-state index is 0.143. The summed E-state index contributed by atoms with van der Waals surface area (Å²) in [6.07, 6.45) is 0.143. The molecule has 5 aromatic rings. The lowest BCUT2D eigenvalue weighted by Gasteiger charge is -2.10.